The first-order valence-electron chi connectivity index (χ1n) is 2.81. The van der Waals surface area contributed by atoms with E-state index in [1.54, 1.807) is 0 Å². The average Bonchev–Trinajstić information content (AvgIpc) is 2.17. The molecule has 0 fully saturated rings. The van der Waals surface area contributed by atoms with Crippen LogP contribution in [0, 0.1) is 0 Å². The Hall–Kier alpha value is 0.0400. The maximum Gasteiger partial charge on any atom is 0.209 e. The van der Waals surface area contributed by atoms with Crippen LogP contribution in [0.5, 0.6) is 0 Å². The molecule has 0 unspecified atom stereocenters. The molecule has 0 atom stereocenters. The van der Waals surface area contributed by atoms with Gasteiger partial charge in [0.15, 0.2) is 0 Å². The van der Waals surface area contributed by atoms with E-state index in [9.17, 15) is 0 Å². The summed E-state index contributed by atoms with van der Waals surface area (Å²) in [5.74, 6) is 0. The van der Waals surface area contributed by atoms with Crippen molar-refractivity contribution in [3.05, 3.63) is 9.74 Å². The molecule has 0 saturated carbocycles. The van der Waals surface area contributed by atoms with Gasteiger partial charge in [-0.15, -0.1) is 0 Å². The highest BCUT2D eigenvalue weighted by Gasteiger charge is 1.97. The zero-order valence-electron chi connectivity index (χ0n) is 5.09. The molecule has 0 aliphatic rings. The number of hydrogen-bond donors (Lipinski definition) is 0. The average molecular weight is 207 g/mol. The second kappa shape index (κ2) is 3.27. The summed E-state index contributed by atoms with van der Waals surface area (Å²) in [6, 6.07) is 0. The van der Waals surface area contributed by atoms with Gasteiger partial charge in [-0.1, -0.05) is 6.92 Å². The maximum atomic E-state index is 4.12. The number of hydrogen-bond acceptors (Lipinski definition) is 3. The van der Waals surface area contributed by atoms with E-state index in [0.29, 0.717) is 0 Å². The molecule has 0 N–H and O–H groups in total. The Balaban J connectivity index is 2.61. The first-order chi connectivity index (χ1) is 4.33. The van der Waals surface area contributed by atoms with E-state index >= 15 is 0 Å². The summed E-state index contributed by atoms with van der Waals surface area (Å²) in [6.07, 6.45) is 2.19. The standard InChI is InChI=1S/C5H7BrN2S/c1-2-3-4-7-5(6)8-9-4/h2-3H2,1H3. The topological polar surface area (TPSA) is 25.8 Å². The zero-order chi connectivity index (χ0) is 6.69. The molecule has 50 valence electrons. The van der Waals surface area contributed by atoms with Crippen LogP contribution in [-0.4, -0.2) is 9.36 Å². The van der Waals surface area contributed by atoms with E-state index in [4.69, 9.17) is 0 Å². The zero-order valence-corrected chi connectivity index (χ0v) is 7.50. The molecule has 1 heterocycles. The minimum absolute atomic E-state index is 0.718. The molecule has 0 radical (unpaired) electrons. The van der Waals surface area contributed by atoms with Crippen molar-refractivity contribution in [1.82, 2.24) is 9.36 Å². The molecule has 0 saturated heterocycles. The minimum atomic E-state index is 0.718. The molecule has 0 bridgehead atoms. The van der Waals surface area contributed by atoms with E-state index in [0.717, 1.165) is 22.6 Å². The molecular formula is C5H7BrN2S. The van der Waals surface area contributed by atoms with Crippen molar-refractivity contribution in [1.29, 1.82) is 0 Å². The van der Waals surface area contributed by atoms with Crippen LogP contribution in [0.4, 0.5) is 0 Å². The highest BCUT2D eigenvalue weighted by Crippen LogP contribution is 2.10. The number of halogens is 1. The lowest BCUT2D eigenvalue weighted by Crippen LogP contribution is -1.78. The van der Waals surface area contributed by atoms with Gasteiger partial charge >= 0.3 is 0 Å². The van der Waals surface area contributed by atoms with Crippen molar-refractivity contribution in [2.45, 2.75) is 19.8 Å². The molecule has 0 aliphatic heterocycles. The van der Waals surface area contributed by atoms with E-state index in [2.05, 4.69) is 32.2 Å². The van der Waals surface area contributed by atoms with Gasteiger partial charge in [0.25, 0.3) is 0 Å². The van der Waals surface area contributed by atoms with Crippen molar-refractivity contribution in [3.8, 4) is 0 Å². The Morgan fingerprint density at radius 1 is 1.67 bits per heavy atom. The maximum absolute atomic E-state index is 4.12. The molecule has 0 aromatic carbocycles. The van der Waals surface area contributed by atoms with Crippen LogP contribution in [0.2, 0.25) is 0 Å². The second-order valence-corrected chi connectivity index (χ2v) is 3.25. The summed E-state index contributed by atoms with van der Waals surface area (Å²) < 4.78 is 4.70. The fraction of sp³-hybridized carbons (Fsp3) is 0.600. The Bertz CT molecular complexity index is 187. The second-order valence-electron chi connectivity index (χ2n) is 1.71. The van der Waals surface area contributed by atoms with Gasteiger partial charge in [0.05, 0.1) is 0 Å². The van der Waals surface area contributed by atoms with Crippen LogP contribution < -0.4 is 0 Å². The van der Waals surface area contributed by atoms with Crippen molar-refractivity contribution < 1.29 is 0 Å². The summed E-state index contributed by atoms with van der Waals surface area (Å²) in [4.78, 5) is 4.12. The molecule has 0 aliphatic carbocycles. The Morgan fingerprint density at radius 3 is 2.89 bits per heavy atom. The molecule has 9 heavy (non-hydrogen) atoms. The number of aromatic nitrogens is 2. The fourth-order valence-electron chi connectivity index (χ4n) is 0.549. The summed E-state index contributed by atoms with van der Waals surface area (Å²) in [5, 5.41) is 1.12. The van der Waals surface area contributed by atoms with Gasteiger partial charge in [0.2, 0.25) is 4.73 Å². The largest absolute Gasteiger partial charge is 0.214 e. The van der Waals surface area contributed by atoms with Crippen LogP contribution >= 0.6 is 27.5 Å². The first-order valence-corrected chi connectivity index (χ1v) is 4.37. The van der Waals surface area contributed by atoms with Gasteiger partial charge in [-0.2, -0.15) is 4.37 Å². The lowest BCUT2D eigenvalue weighted by atomic mass is 10.4. The Labute approximate surface area is 66.6 Å². The molecule has 1 rings (SSSR count). The molecule has 2 nitrogen and oxygen atoms in total. The third-order valence-electron chi connectivity index (χ3n) is 0.907. The van der Waals surface area contributed by atoms with Crippen molar-refractivity contribution in [2.75, 3.05) is 0 Å². The first kappa shape index (κ1) is 7.15. The van der Waals surface area contributed by atoms with Gasteiger partial charge in [0.1, 0.15) is 5.01 Å². The predicted octanol–water partition coefficient (Wildman–Crippen LogP) is 2.25. The molecule has 1 aromatic rings. The molecular weight excluding hydrogens is 200 g/mol. The third kappa shape index (κ3) is 2.02. The van der Waals surface area contributed by atoms with Crippen molar-refractivity contribution in [3.63, 3.8) is 0 Å². The van der Waals surface area contributed by atoms with Crippen molar-refractivity contribution >= 4 is 27.5 Å². The number of rotatable bonds is 2. The summed E-state index contributed by atoms with van der Waals surface area (Å²) in [5.41, 5.74) is 0. The summed E-state index contributed by atoms with van der Waals surface area (Å²) in [6.45, 7) is 2.13. The van der Waals surface area contributed by atoms with Crippen LogP contribution in [0.1, 0.15) is 18.4 Å². The Kier molecular flexibility index (Phi) is 2.60. The lowest BCUT2D eigenvalue weighted by molar-refractivity contribution is 0.904. The van der Waals surface area contributed by atoms with Gasteiger partial charge < -0.3 is 0 Å². The van der Waals surface area contributed by atoms with E-state index in [-0.39, 0.29) is 0 Å². The van der Waals surface area contributed by atoms with Gasteiger partial charge in [-0.3, -0.25) is 0 Å². The predicted molar refractivity (Wildman–Crippen MR) is 41.6 cm³/mol. The van der Waals surface area contributed by atoms with E-state index in [1.165, 1.54) is 11.5 Å². The van der Waals surface area contributed by atoms with Crippen LogP contribution in [0.3, 0.4) is 0 Å². The molecule has 0 amide bonds. The fourth-order valence-corrected chi connectivity index (χ4v) is 1.74. The van der Waals surface area contributed by atoms with Gasteiger partial charge in [0, 0.05) is 6.42 Å². The minimum Gasteiger partial charge on any atom is -0.214 e. The third-order valence-corrected chi connectivity index (χ3v) is 2.27. The van der Waals surface area contributed by atoms with Crippen LogP contribution in [-0.2, 0) is 6.42 Å². The molecule has 1 aromatic heterocycles. The number of aryl methyl sites for hydroxylation is 1. The smallest absolute Gasteiger partial charge is 0.209 e. The highest BCUT2D eigenvalue weighted by atomic mass is 79.9. The van der Waals surface area contributed by atoms with Crippen LogP contribution in [0.15, 0.2) is 4.73 Å². The monoisotopic (exact) mass is 206 g/mol. The Morgan fingerprint density at radius 2 is 2.44 bits per heavy atom. The van der Waals surface area contributed by atoms with Gasteiger partial charge in [-0.05, 0) is 33.9 Å². The van der Waals surface area contributed by atoms with E-state index < -0.39 is 0 Å². The SMILES string of the molecule is CCCc1nc(Br)ns1. The van der Waals surface area contributed by atoms with Gasteiger partial charge in [-0.25, -0.2) is 4.98 Å². The number of nitrogens with zero attached hydrogens (tertiary/aromatic N) is 2. The summed E-state index contributed by atoms with van der Waals surface area (Å²) >= 11 is 4.66. The van der Waals surface area contributed by atoms with Crippen LogP contribution in [0.25, 0.3) is 0 Å². The van der Waals surface area contributed by atoms with E-state index in [1.807, 2.05) is 0 Å². The molecule has 4 heteroatoms. The quantitative estimate of drug-likeness (QED) is 0.743. The highest BCUT2D eigenvalue weighted by molar-refractivity contribution is 9.10. The molecule has 0 spiro atoms. The van der Waals surface area contributed by atoms with Crippen molar-refractivity contribution in [2.24, 2.45) is 0 Å². The summed E-state index contributed by atoms with van der Waals surface area (Å²) in [7, 11) is 0. The normalized spacial score (nSPS) is 10.0. The lowest BCUT2D eigenvalue weighted by Gasteiger charge is -1.83.